The number of halogens is 1. The molecule has 1 aromatic rings. The number of nitrogens with zero attached hydrogens (tertiary/aromatic N) is 1. The molecule has 1 unspecified atom stereocenters. The molecule has 1 aliphatic rings. The summed E-state index contributed by atoms with van der Waals surface area (Å²) < 4.78 is 39.9. The summed E-state index contributed by atoms with van der Waals surface area (Å²) in [4.78, 5) is 0.00639. The zero-order chi connectivity index (χ0) is 15.6. The molecule has 4 nitrogen and oxygen atoms in total. The lowest BCUT2D eigenvalue weighted by Gasteiger charge is -2.22. The SMILES string of the molecule is CC(C)C1CCCN(S(=O)(=O)c2ccc(F)cc2N)CC1. The van der Waals surface area contributed by atoms with Gasteiger partial charge in [0, 0.05) is 13.1 Å². The standard InChI is InChI=1S/C15H23FN2O2S/c1-11(2)12-4-3-8-18(9-7-12)21(19,20)15-6-5-13(16)10-14(15)17/h5-6,10-12H,3-4,7-9,17H2,1-2H3. The molecule has 1 atom stereocenters. The van der Waals surface area contributed by atoms with Gasteiger partial charge in [-0.15, -0.1) is 0 Å². The molecule has 0 amide bonds. The first-order valence-electron chi connectivity index (χ1n) is 7.37. The van der Waals surface area contributed by atoms with Crippen LogP contribution in [0.1, 0.15) is 33.1 Å². The molecule has 2 N–H and O–H groups in total. The Kier molecular flexibility index (Phi) is 4.88. The molecular weight excluding hydrogens is 291 g/mol. The van der Waals surface area contributed by atoms with Gasteiger partial charge in [0.2, 0.25) is 10.0 Å². The first-order valence-corrected chi connectivity index (χ1v) is 8.81. The summed E-state index contributed by atoms with van der Waals surface area (Å²) in [6.07, 6.45) is 2.75. The third-order valence-corrected chi connectivity index (χ3v) is 6.24. The molecule has 0 bridgehead atoms. The van der Waals surface area contributed by atoms with Gasteiger partial charge in [-0.1, -0.05) is 13.8 Å². The average molecular weight is 314 g/mol. The number of rotatable bonds is 3. The Morgan fingerprint density at radius 1 is 1.29 bits per heavy atom. The summed E-state index contributed by atoms with van der Waals surface area (Å²) in [6, 6.07) is 3.45. The molecule has 1 fully saturated rings. The number of nitrogens with two attached hydrogens (primary N) is 1. The zero-order valence-corrected chi connectivity index (χ0v) is 13.4. The van der Waals surface area contributed by atoms with Gasteiger partial charge in [-0.3, -0.25) is 0 Å². The minimum absolute atomic E-state index is 0.00639. The third kappa shape index (κ3) is 3.55. The summed E-state index contributed by atoms with van der Waals surface area (Å²) in [6.45, 7) is 5.35. The minimum atomic E-state index is -3.64. The number of benzene rings is 1. The Morgan fingerprint density at radius 3 is 2.62 bits per heavy atom. The van der Waals surface area contributed by atoms with E-state index in [1.165, 1.54) is 10.4 Å². The van der Waals surface area contributed by atoms with Crippen LogP contribution in [0, 0.1) is 17.7 Å². The van der Waals surface area contributed by atoms with Crippen LogP contribution in [0.3, 0.4) is 0 Å². The van der Waals surface area contributed by atoms with Crippen LogP contribution in [-0.4, -0.2) is 25.8 Å². The van der Waals surface area contributed by atoms with E-state index in [1.54, 1.807) is 0 Å². The predicted octanol–water partition coefficient (Wildman–Crippen LogP) is 2.85. The van der Waals surface area contributed by atoms with E-state index < -0.39 is 15.8 Å². The quantitative estimate of drug-likeness (QED) is 0.873. The van der Waals surface area contributed by atoms with Gasteiger partial charge in [0.15, 0.2) is 0 Å². The zero-order valence-electron chi connectivity index (χ0n) is 12.5. The highest BCUT2D eigenvalue weighted by Gasteiger charge is 2.29. The van der Waals surface area contributed by atoms with Crippen LogP contribution < -0.4 is 5.73 Å². The highest BCUT2D eigenvalue weighted by atomic mass is 32.2. The van der Waals surface area contributed by atoms with Crippen molar-refractivity contribution in [2.24, 2.45) is 11.8 Å². The highest BCUT2D eigenvalue weighted by Crippen LogP contribution is 2.29. The van der Waals surface area contributed by atoms with E-state index in [2.05, 4.69) is 13.8 Å². The fourth-order valence-electron chi connectivity index (χ4n) is 2.90. The van der Waals surface area contributed by atoms with E-state index in [9.17, 15) is 12.8 Å². The molecule has 2 rings (SSSR count). The van der Waals surface area contributed by atoms with Crippen LogP contribution in [0.4, 0.5) is 10.1 Å². The van der Waals surface area contributed by atoms with E-state index in [1.807, 2.05) is 0 Å². The van der Waals surface area contributed by atoms with Crippen LogP contribution in [0.5, 0.6) is 0 Å². The second-order valence-electron chi connectivity index (χ2n) is 6.02. The number of sulfonamides is 1. The number of hydrogen-bond acceptors (Lipinski definition) is 3. The number of nitrogen functional groups attached to an aromatic ring is 1. The molecular formula is C15H23FN2O2S. The molecule has 1 aliphatic heterocycles. The Balaban J connectivity index is 2.23. The Labute approximate surface area is 126 Å². The maximum Gasteiger partial charge on any atom is 0.245 e. The van der Waals surface area contributed by atoms with Gasteiger partial charge in [0.25, 0.3) is 0 Å². The van der Waals surface area contributed by atoms with Crippen molar-refractivity contribution in [2.45, 2.75) is 38.0 Å². The van der Waals surface area contributed by atoms with Gasteiger partial charge in [-0.25, -0.2) is 12.8 Å². The fraction of sp³-hybridized carbons (Fsp3) is 0.600. The molecule has 0 aliphatic carbocycles. The van der Waals surface area contributed by atoms with E-state index >= 15 is 0 Å². The molecule has 118 valence electrons. The monoisotopic (exact) mass is 314 g/mol. The fourth-order valence-corrected chi connectivity index (χ4v) is 4.49. The molecule has 1 saturated heterocycles. The van der Waals surface area contributed by atoms with Crippen molar-refractivity contribution in [1.29, 1.82) is 0 Å². The topological polar surface area (TPSA) is 63.4 Å². The number of hydrogen-bond donors (Lipinski definition) is 1. The van der Waals surface area contributed by atoms with Gasteiger partial charge < -0.3 is 5.73 Å². The van der Waals surface area contributed by atoms with Crippen LogP contribution in [-0.2, 0) is 10.0 Å². The van der Waals surface area contributed by atoms with Crippen LogP contribution in [0.2, 0.25) is 0 Å². The van der Waals surface area contributed by atoms with E-state index in [-0.39, 0.29) is 10.6 Å². The summed E-state index contributed by atoms with van der Waals surface area (Å²) in [5.41, 5.74) is 5.65. The molecule has 0 spiro atoms. The van der Waals surface area contributed by atoms with Crippen LogP contribution in [0.15, 0.2) is 23.1 Å². The lowest BCUT2D eigenvalue weighted by Crippen LogP contribution is -2.32. The Bertz CT molecular complexity index is 602. The molecule has 0 aromatic heterocycles. The summed E-state index contributed by atoms with van der Waals surface area (Å²) in [5.74, 6) is 0.585. The Morgan fingerprint density at radius 2 is 2.00 bits per heavy atom. The van der Waals surface area contributed by atoms with Gasteiger partial charge in [-0.05, 0) is 49.3 Å². The normalized spacial score (nSPS) is 21.4. The number of anilines is 1. The smallest absolute Gasteiger partial charge is 0.245 e. The van der Waals surface area contributed by atoms with Gasteiger partial charge in [0.05, 0.1) is 5.69 Å². The second kappa shape index (κ2) is 6.32. The largest absolute Gasteiger partial charge is 0.398 e. The lowest BCUT2D eigenvalue weighted by molar-refractivity contribution is 0.341. The van der Waals surface area contributed by atoms with Crippen molar-refractivity contribution in [1.82, 2.24) is 4.31 Å². The van der Waals surface area contributed by atoms with Crippen molar-refractivity contribution in [3.8, 4) is 0 Å². The van der Waals surface area contributed by atoms with Crippen molar-refractivity contribution in [3.63, 3.8) is 0 Å². The summed E-state index contributed by atoms with van der Waals surface area (Å²) >= 11 is 0. The van der Waals surface area contributed by atoms with Gasteiger partial charge >= 0.3 is 0 Å². The molecule has 1 heterocycles. The molecule has 6 heteroatoms. The van der Waals surface area contributed by atoms with Gasteiger partial charge in [0.1, 0.15) is 10.7 Å². The third-order valence-electron chi connectivity index (χ3n) is 4.26. The van der Waals surface area contributed by atoms with Crippen LogP contribution in [0.25, 0.3) is 0 Å². The average Bonchev–Trinajstić information content (AvgIpc) is 2.64. The Hall–Kier alpha value is -1.14. The second-order valence-corrected chi connectivity index (χ2v) is 7.93. The van der Waals surface area contributed by atoms with Crippen molar-refractivity contribution in [3.05, 3.63) is 24.0 Å². The molecule has 21 heavy (non-hydrogen) atoms. The van der Waals surface area contributed by atoms with E-state index in [4.69, 9.17) is 5.73 Å². The van der Waals surface area contributed by atoms with Crippen molar-refractivity contribution in [2.75, 3.05) is 18.8 Å². The maximum absolute atomic E-state index is 13.1. The van der Waals surface area contributed by atoms with Crippen molar-refractivity contribution < 1.29 is 12.8 Å². The van der Waals surface area contributed by atoms with E-state index in [0.29, 0.717) is 24.9 Å². The van der Waals surface area contributed by atoms with Crippen molar-refractivity contribution >= 4 is 15.7 Å². The molecule has 1 aromatic carbocycles. The molecule has 0 radical (unpaired) electrons. The first kappa shape index (κ1) is 16.2. The van der Waals surface area contributed by atoms with Crippen LogP contribution >= 0.6 is 0 Å². The van der Waals surface area contributed by atoms with E-state index in [0.717, 1.165) is 31.4 Å². The minimum Gasteiger partial charge on any atom is -0.398 e. The first-order chi connectivity index (χ1) is 9.82. The highest BCUT2D eigenvalue weighted by molar-refractivity contribution is 7.89. The van der Waals surface area contributed by atoms with Gasteiger partial charge in [-0.2, -0.15) is 4.31 Å². The summed E-state index contributed by atoms with van der Waals surface area (Å²) in [7, 11) is -3.64. The maximum atomic E-state index is 13.1. The predicted molar refractivity (Wildman–Crippen MR) is 81.8 cm³/mol. The molecule has 0 saturated carbocycles. The lowest BCUT2D eigenvalue weighted by atomic mass is 9.89. The summed E-state index contributed by atoms with van der Waals surface area (Å²) in [5, 5.41) is 0.